The van der Waals surface area contributed by atoms with E-state index in [9.17, 15) is 4.79 Å². The summed E-state index contributed by atoms with van der Waals surface area (Å²) in [6, 6.07) is 11.8. The molecule has 2 amide bonds. The number of hydrogen-bond donors (Lipinski definition) is 1. The van der Waals surface area contributed by atoms with E-state index >= 15 is 0 Å². The van der Waals surface area contributed by atoms with Crippen molar-refractivity contribution in [2.24, 2.45) is 5.92 Å². The Labute approximate surface area is 179 Å². The van der Waals surface area contributed by atoms with Gasteiger partial charge in [0.25, 0.3) is 0 Å². The quantitative estimate of drug-likeness (QED) is 0.730. The second-order valence-electron chi connectivity index (χ2n) is 9.02. The maximum atomic E-state index is 13.0. The number of nitrogens with zero attached hydrogens (tertiary/aromatic N) is 3. The summed E-state index contributed by atoms with van der Waals surface area (Å²) < 4.78 is 0. The fourth-order valence-corrected chi connectivity index (χ4v) is 3.93. The zero-order valence-electron chi connectivity index (χ0n) is 17.9. The van der Waals surface area contributed by atoms with Gasteiger partial charge in [-0.1, -0.05) is 58.4 Å². The van der Waals surface area contributed by atoms with E-state index < -0.39 is 0 Å². The summed E-state index contributed by atoms with van der Waals surface area (Å²) in [6.45, 7) is 12.9. The van der Waals surface area contributed by atoms with Crippen molar-refractivity contribution >= 4 is 29.1 Å². The van der Waals surface area contributed by atoms with Crippen LogP contribution in [0.5, 0.6) is 0 Å². The van der Waals surface area contributed by atoms with E-state index in [4.69, 9.17) is 11.6 Å². The first-order valence-electron chi connectivity index (χ1n) is 10.2. The molecule has 6 heteroatoms. The van der Waals surface area contributed by atoms with Gasteiger partial charge in [0.2, 0.25) is 0 Å². The van der Waals surface area contributed by atoms with Crippen LogP contribution < -0.4 is 10.2 Å². The summed E-state index contributed by atoms with van der Waals surface area (Å²) in [5, 5.41) is 3.71. The number of benzene rings is 1. The second-order valence-corrected chi connectivity index (χ2v) is 9.42. The van der Waals surface area contributed by atoms with E-state index in [1.165, 1.54) is 5.56 Å². The highest BCUT2D eigenvalue weighted by Gasteiger charge is 2.33. The first-order valence-corrected chi connectivity index (χ1v) is 10.6. The molecule has 0 spiro atoms. The molecule has 1 aromatic carbocycles. The van der Waals surface area contributed by atoms with Crippen molar-refractivity contribution in [3.63, 3.8) is 0 Å². The topological polar surface area (TPSA) is 48.5 Å². The third kappa shape index (κ3) is 5.02. The standard InChI is InChI=1S/C23H31ClN4O/c1-16(2)20-15-27(21-19(24)7-6-12-25-21)13-14-28(20)22(29)26-18-10-8-17(9-11-18)23(3,4)5/h6-12,16,20H,13-15H2,1-5H3,(H,26,29). The minimum atomic E-state index is -0.0565. The number of rotatable bonds is 3. The van der Waals surface area contributed by atoms with Gasteiger partial charge in [0.15, 0.2) is 0 Å². The normalized spacial score (nSPS) is 17.6. The minimum Gasteiger partial charge on any atom is -0.352 e. The lowest BCUT2D eigenvalue weighted by Gasteiger charge is -2.43. The Kier molecular flexibility index (Phi) is 6.37. The first-order chi connectivity index (χ1) is 13.7. The number of urea groups is 1. The summed E-state index contributed by atoms with van der Waals surface area (Å²) in [6.07, 6.45) is 1.76. The molecule has 1 atom stereocenters. The summed E-state index contributed by atoms with van der Waals surface area (Å²) in [7, 11) is 0. The number of piperazine rings is 1. The maximum absolute atomic E-state index is 13.0. The Bertz CT molecular complexity index is 845. The van der Waals surface area contributed by atoms with E-state index in [1.54, 1.807) is 6.20 Å². The average Bonchev–Trinajstić information content (AvgIpc) is 2.67. The first kappa shape index (κ1) is 21.4. The van der Waals surface area contributed by atoms with Crippen molar-refractivity contribution in [2.45, 2.75) is 46.1 Å². The Hall–Kier alpha value is -2.27. The molecule has 1 aliphatic heterocycles. The smallest absolute Gasteiger partial charge is 0.322 e. The molecule has 156 valence electrons. The third-order valence-corrected chi connectivity index (χ3v) is 5.78. The van der Waals surface area contributed by atoms with E-state index in [-0.39, 0.29) is 17.5 Å². The monoisotopic (exact) mass is 414 g/mol. The van der Waals surface area contributed by atoms with Gasteiger partial charge in [0.1, 0.15) is 5.82 Å². The lowest BCUT2D eigenvalue weighted by molar-refractivity contribution is 0.156. The molecular weight excluding hydrogens is 384 g/mol. The number of hydrogen-bond acceptors (Lipinski definition) is 3. The molecule has 2 heterocycles. The molecule has 2 aromatic rings. The number of aromatic nitrogens is 1. The SMILES string of the molecule is CC(C)C1CN(c2ncccc2Cl)CCN1C(=O)Nc1ccc(C(C)(C)C)cc1. The van der Waals surface area contributed by atoms with Crippen LogP contribution in [0.3, 0.4) is 0 Å². The predicted molar refractivity (Wildman–Crippen MR) is 121 cm³/mol. The molecule has 1 N–H and O–H groups in total. The van der Waals surface area contributed by atoms with Crippen molar-refractivity contribution in [3.8, 4) is 0 Å². The van der Waals surface area contributed by atoms with Crippen LogP contribution in [0.1, 0.15) is 40.2 Å². The molecule has 1 unspecified atom stereocenters. The minimum absolute atomic E-state index is 0.0565. The van der Waals surface area contributed by atoms with Crippen LogP contribution in [0, 0.1) is 5.92 Å². The fraction of sp³-hybridized carbons (Fsp3) is 0.478. The lowest BCUT2D eigenvalue weighted by Crippen LogP contribution is -2.58. The number of carbonyl (C=O) groups excluding carboxylic acids is 1. The van der Waals surface area contributed by atoms with Crippen LogP contribution in [0.4, 0.5) is 16.3 Å². The lowest BCUT2D eigenvalue weighted by atomic mass is 9.87. The molecule has 0 aliphatic carbocycles. The second kappa shape index (κ2) is 8.62. The highest BCUT2D eigenvalue weighted by molar-refractivity contribution is 6.32. The van der Waals surface area contributed by atoms with Gasteiger partial charge >= 0.3 is 6.03 Å². The van der Waals surface area contributed by atoms with Gasteiger partial charge in [-0.05, 0) is 41.2 Å². The Morgan fingerprint density at radius 2 is 1.86 bits per heavy atom. The molecule has 0 saturated carbocycles. The average molecular weight is 415 g/mol. The van der Waals surface area contributed by atoms with Gasteiger partial charge < -0.3 is 15.1 Å². The number of carbonyl (C=O) groups is 1. The van der Waals surface area contributed by atoms with E-state index in [0.29, 0.717) is 30.6 Å². The molecule has 0 bridgehead atoms. The summed E-state index contributed by atoms with van der Waals surface area (Å²) in [5.74, 6) is 1.10. The number of pyridine rings is 1. The van der Waals surface area contributed by atoms with Crippen LogP contribution in [0.15, 0.2) is 42.6 Å². The number of anilines is 2. The van der Waals surface area contributed by atoms with Crippen LogP contribution in [0.25, 0.3) is 0 Å². The van der Waals surface area contributed by atoms with E-state index in [0.717, 1.165) is 11.5 Å². The van der Waals surface area contributed by atoms with Crippen molar-refractivity contribution in [1.29, 1.82) is 0 Å². The molecule has 1 fully saturated rings. The van der Waals surface area contributed by atoms with Gasteiger partial charge in [0.05, 0.1) is 11.1 Å². The van der Waals surface area contributed by atoms with E-state index in [2.05, 4.69) is 62.0 Å². The third-order valence-electron chi connectivity index (χ3n) is 5.49. The number of nitrogens with one attached hydrogen (secondary N) is 1. The van der Waals surface area contributed by atoms with Crippen molar-refractivity contribution in [2.75, 3.05) is 29.9 Å². The van der Waals surface area contributed by atoms with Gasteiger partial charge in [-0.25, -0.2) is 9.78 Å². The molecule has 1 aliphatic rings. The van der Waals surface area contributed by atoms with E-state index in [1.807, 2.05) is 29.2 Å². The largest absolute Gasteiger partial charge is 0.352 e. The van der Waals surface area contributed by atoms with Crippen molar-refractivity contribution in [3.05, 3.63) is 53.2 Å². The molecule has 1 aromatic heterocycles. The van der Waals surface area contributed by atoms with Crippen LogP contribution >= 0.6 is 11.6 Å². The molecule has 5 nitrogen and oxygen atoms in total. The van der Waals surface area contributed by atoms with Crippen LogP contribution in [-0.2, 0) is 5.41 Å². The van der Waals surface area contributed by atoms with Gasteiger partial charge in [-0.15, -0.1) is 0 Å². The van der Waals surface area contributed by atoms with Gasteiger partial charge in [-0.2, -0.15) is 0 Å². The zero-order chi connectivity index (χ0) is 21.2. The fourth-order valence-electron chi connectivity index (χ4n) is 3.68. The summed E-state index contributed by atoms with van der Waals surface area (Å²) >= 11 is 6.34. The predicted octanol–water partition coefficient (Wildman–Crippen LogP) is 5.41. The maximum Gasteiger partial charge on any atom is 0.322 e. The van der Waals surface area contributed by atoms with Gasteiger partial charge in [0, 0.05) is 31.5 Å². The molecule has 3 rings (SSSR count). The zero-order valence-corrected chi connectivity index (χ0v) is 18.7. The van der Waals surface area contributed by atoms with Crippen LogP contribution in [-0.4, -0.2) is 41.6 Å². The molecule has 0 radical (unpaired) electrons. The molecular formula is C23H31ClN4O. The number of halogens is 1. The van der Waals surface area contributed by atoms with Crippen LogP contribution in [0.2, 0.25) is 5.02 Å². The molecule has 1 saturated heterocycles. The Balaban J connectivity index is 1.71. The summed E-state index contributed by atoms with van der Waals surface area (Å²) in [4.78, 5) is 21.6. The molecule has 29 heavy (non-hydrogen) atoms. The Morgan fingerprint density at radius 3 is 2.45 bits per heavy atom. The van der Waals surface area contributed by atoms with Crippen molar-refractivity contribution in [1.82, 2.24) is 9.88 Å². The Morgan fingerprint density at radius 1 is 1.17 bits per heavy atom. The number of amides is 2. The van der Waals surface area contributed by atoms with Gasteiger partial charge in [-0.3, -0.25) is 0 Å². The van der Waals surface area contributed by atoms with Crippen molar-refractivity contribution < 1.29 is 4.79 Å². The highest BCUT2D eigenvalue weighted by Crippen LogP contribution is 2.28. The highest BCUT2D eigenvalue weighted by atomic mass is 35.5. The summed E-state index contributed by atoms with van der Waals surface area (Å²) in [5.41, 5.74) is 2.16.